The fraction of sp³-hybridized carbons (Fsp3) is 0.667. The Bertz CT molecular complexity index is 3210. The summed E-state index contributed by atoms with van der Waals surface area (Å²) in [6.07, 6.45) is 1.27. The van der Waals surface area contributed by atoms with Gasteiger partial charge in [0.1, 0.15) is 47.8 Å². The number of carbonyl (C=O) groups excluding carboxylic acids is 12. The molecule has 5 rings (SSSR count). The quantitative estimate of drug-likeness (QED) is 0.177. The van der Waals surface area contributed by atoms with Crippen molar-refractivity contribution < 1.29 is 70.7 Å². The molecule has 2 aliphatic heterocycles. The zero-order chi connectivity index (χ0) is 74.8. The number of piperidine rings is 1. The molecule has 1 saturated carbocycles. The Labute approximate surface area is 601 Å². The highest BCUT2D eigenvalue weighted by molar-refractivity contribution is 14.1. The van der Waals surface area contributed by atoms with E-state index >= 15 is 19.2 Å². The summed E-state index contributed by atoms with van der Waals surface area (Å²) in [4.78, 5) is 187. The maximum atomic E-state index is 15.3. The third-order valence-electron chi connectivity index (χ3n) is 19.9. The molecule has 1 aliphatic carbocycles. The van der Waals surface area contributed by atoms with Crippen molar-refractivity contribution in [1.29, 1.82) is 0 Å². The number of likely N-dealkylation sites (tertiary alicyclic amines) is 1. The molecule has 0 spiro atoms. The van der Waals surface area contributed by atoms with Gasteiger partial charge in [0.25, 0.3) is 0 Å². The predicted octanol–water partition coefficient (Wildman–Crippen LogP) is 5.65. The summed E-state index contributed by atoms with van der Waals surface area (Å²) in [5.41, 5.74) is -2.14. The SMILES string of the molecule is CC[C@H](C)[C@@H]1NC(=O)[C@H](CC(C)C)N(C)C(=O)C[C@@H](C(=O)N2CCCCC2)N(C)C(=O)[C@H](CC(C)C)NC(=O)C(C)(C)N(C)C(=O)[C@@H](Cc2ccc(C(F)(F)F)cc2)NC(=O)[C@H](Cc2cccc(I)c2)NC(=O)CN(C)C(=O)[C@H](CC2CCCCC2)N(C)C(=O)CN(C)C(=O)CN(C)C1=O. The first-order valence-corrected chi connectivity index (χ1v) is 36.0. The third kappa shape index (κ3) is 23.3. The number of halogens is 4. The number of likely N-dealkylation sites (N-methyl/N-ethyl adjacent to an activating group) is 7. The van der Waals surface area contributed by atoms with E-state index in [1.54, 1.807) is 49.9 Å². The van der Waals surface area contributed by atoms with E-state index in [-0.39, 0.29) is 49.0 Å². The van der Waals surface area contributed by atoms with Crippen LogP contribution in [-0.2, 0) is 76.6 Å². The second-order valence-corrected chi connectivity index (χ2v) is 30.2. The van der Waals surface area contributed by atoms with Gasteiger partial charge >= 0.3 is 6.18 Å². The highest BCUT2D eigenvalue weighted by Crippen LogP contribution is 2.32. The average molecular weight is 1520 g/mol. The largest absolute Gasteiger partial charge is 0.416 e. The Kier molecular flexibility index (Phi) is 31.2. The Morgan fingerprint density at radius 2 is 1.15 bits per heavy atom. The van der Waals surface area contributed by atoms with Gasteiger partial charge in [-0.2, -0.15) is 13.2 Å². The van der Waals surface area contributed by atoms with Crippen LogP contribution in [0.2, 0.25) is 0 Å². The summed E-state index contributed by atoms with van der Waals surface area (Å²) in [6, 6.07) is 1.42. The van der Waals surface area contributed by atoms with Crippen LogP contribution in [0.25, 0.3) is 0 Å². The van der Waals surface area contributed by atoms with Crippen LogP contribution in [0.5, 0.6) is 0 Å². The fourth-order valence-electron chi connectivity index (χ4n) is 12.9. The lowest BCUT2D eigenvalue weighted by molar-refractivity contribution is -0.152. The lowest BCUT2D eigenvalue weighted by Crippen LogP contribution is -2.64. The summed E-state index contributed by atoms with van der Waals surface area (Å²) in [5.74, 6) is -9.74. The van der Waals surface area contributed by atoms with Crippen molar-refractivity contribution in [2.45, 2.75) is 206 Å². The third-order valence-corrected chi connectivity index (χ3v) is 20.5. The minimum Gasteiger partial charge on any atom is -0.342 e. The molecule has 28 heteroatoms. The molecule has 2 heterocycles. The minimum atomic E-state index is -4.72. The number of nitrogens with zero attached hydrogens (tertiary/aromatic N) is 8. The monoisotopic (exact) mass is 1520 g/mol. The number of benzene rings is 2. The van der Waals surface area contributed by atoms with Gasteiger partial charge in [-0.25, -0.2) is 0 Å². The van der Waals surface area contributed by atoms with E-state index in [9.17, 15) is 51.5 Å². The van der Waals surface area contributed by atoms with Crippen LogP contribution in [0.3, 0.4) is 0 Å². The number of rotatable bonds is 13. The van der Waals surface area contributed by atoms with E-state index in [1.807, 2.05) is 20.8 Å². The lowest BCUT2D eigenvalue weighted by atomic mass is 9.84. The van der Waals surface area contributed by atoms with Crippen LogP contribution < -0.4 is 21.3 Å². The molecule has 4 N–H and O–H groups in total. The molecule has 2 saturated heterocycles. The molecule has 0 bridgehead atoms. The maximum absolute atomic E-state index is 15.3. The molecule has 2 aromatic rings. The molecule has 24 nitrogen and oxygen atoms in total. The van der Waals surface area contributed by atoms with Crippen LogP contribution in [0, 0.1) is 27.2 Å². The Morgan fingerprint density at radius 1 is 0.580 bits per heavy atom. The summed E-state index contributed by atoms with van der Waals surface area (Å²) < 4.78 is 42.6. The van der Waals surface area contributed by atoms with Gasteiger partial charge in [0.15, 0.2) is 0 Å². The predicted molar refractivity (Wildman–Crippen MR) is 380 cm³/mol. The standard InChI is InChI=1S/C72H108F3IN12O12/c1-16-46(6)62-69(99)83(11)42-60(91)81(9)43-61(92)85(13)56(39-47-24-19-17-20-25-47)67(97)82(10)41-58(89)77-52(38-49-26-23-27-51(76)36-49)63(93)78-54(37-48-28-30-50(31-29-48)72(73,74)75)66(96)87(15)71(7,8)70(100)79-53(34-44(2)3)65(95)86(14)57(68(98)88-32-21-18-22-33-88)40-59(90)84(12)55(35-45(4)5)64(94)80-62/h23,26-31,36,44-47,52-57,62H,16-22,24-25,32-35,37-43H2,1-15H3,(H,77,89)(H,78,93)(H,79,100)(H,80,94)/t46-,52-,53-,54+,55-,56-,57-,62-/m0/s1. The van der Waals surface area contributed by atoms with Crippen LogP contribution in [0.1, 0.15) is 156 Å². The number of carbonyl (C=O) groups is 12. The van der Waals surface area contributed by atoms with Crippen LogP contribution in [0.4, 0.5) is 13.2 Å². The zero-order valence-corrected chi connectivity index (χ0v) is 63.3. The van der Waals surface area contributed by atoms with E-state index in [2.05, 4.69) is 43.9 Å². The Balaban J connectivity index is 1.65. The molecule has 3 aliphatic rings. The molecule has 0 radical (unpaired) electrons. The molecular weight excluding hydrogens is 1410 g/mol. The molecule has 0 aromatic heterocycles. The number of hydrogen-bond donors (Lipinski definition) is 4. The van der Waals surface area contributed by atoms with E-state index in [4.69, 9.17) is 0 Å². The van der Waals surface area contributed by atoms with Gasteiger partial charge < -0.3 is 60.5 Å². The topological polar surface area (TPSA) is 279 Å². The van der Waals surface area contributed by atoms with Crippen LogP contribution in [-0.4, -0.2) is 240 Å². The molecule has 556 valence electrons. The first-order chi connectivity index (χ1) is 46.8. The molecule has 2 aromatic carbocycles. The molecular formula is C72H108F3IN12O12. The first-order valence-electron chi connectivity index (χ1n) is 35.0. The van der Waals surface area contributed by atoms with Crippen molar-refractivity contribution in [3.8, 4) is 0 Å². The van der Waals surface area contributed by atoms with Gasteiger partial charge in [-0.3, -0.25) is 57.5 Å². The molecule has 100 heavy (non-hydrogen) atoms. The van der Waals surface area contributed by atoms with Crippen LogP contribution >= 0.6 is 22.6 Å². The number of amides is 12. The first kappa shape index (κ1) is 83.3. The summed E-state index contributed by atoms with van der Waals surface area (Å²) >= 11 is 2.08. The van der Waals surface area contributed by atoms with Gasteiger partial charge in [0.2, 0.25) is 70.9 Å². The van der Waals surface area contributed by atoms with Crippen molar-refractivity contribution in [2.75, 3.05) is 82.1 Å². The number of nitrogens with one attached hydrogen (secondary N) is 4. The summed E-state index contributed by atoms with van der Waals surface area (Å²) in [5, 5.41) is 11.2. The van der Waals surface area contributed by atoms with Gasteiger partial charge in [-0.15, -0.1) is 0 Å². The van der Waals surface area contributed by atoms with Crippen LogP contribution in [0.15, 0.2) is 48.5 Å². The highest BCUT2D eigenvalue weighted by atomic mass is 127. The molecule has 3 fully saturated rings. The van der Waals surface area contributed by atoms with Gasteiger partial charge in [0, 0.05) is 78.8 Å². The smallest absolute Gasteiger partial charge is 0.342 e. The van der Waals surface area contributed by atoms with Gasteiger partial charge in [0.05, 0.1) is 31.6 Å². The minimum absolute atomic E-state index is 0.00419. The summed E-state index contributed by atoms with van der Waals surface area (Å²) in [6.45, 7) is 12.6. The van der Waals surface area contributed by atoms with Crippen molar-refractivity contribution in [3.63, 3.8) is 0 Å². The van der Waals surface area contributed by atoms with Crippen molar-refractivity contribution in [1.82, 2.24) is 60.5 Å². The van der Waals surface area contributed by atoms with E-state index in [0.717, 1.165) is 90.9 Å². The lowest BCUT2D eigenvalue weighted by Gasteiger charge is -2.39. The summed E-state index contributed by atoms with van der Waals surface area (Å²) in [7, 11) is 9.61. The second-order valence-electron chi connectivity index (χ2n) is 29.0. The normalized spacial score (nSPS) is 24.5. The Hall–Kier alpha value is -7.40. The van der Waals surface area contributed by atoms with Gasteiger partial charge in [-0.1, -0.05) is 104 Å². The van der Waals surface area contributed by atoms with Gasteiger partial charge in [-0.05, 0) is 134 Å². The fourth-order valence-corrected chi connectivity index (χ4v) is 13.5. The zero-order valence-electron chi connectivity index (χ0n) is 61.1. The van der Waals surface area contributed by atoms with Crippen molar-refractivity contribution >= 4 is 93.5 Å². The van der Waals surface area contributed by atoms with Crippen molar-refractivity contribution in [2.24, 2.45) is 23.7 Å². The van der Waals surface area contributed by atoms with Crippen molar-refractivity contribution in [3.05, 3.63) is 68.8 Å². The molecule has 8 atom stereocenters. The number of alkyl halides is 3. The van der Waals surface area contributed by atoms with E-state index < -0.39 is 169 Å². The second kappa shape index (κ2) is 37.5. The Morgan fingerprint density at radius 3 is 1.73 bits per heavy atom. The number of hydrogen-bond acceptors (Lipinski definition) is 12. The molecule has 0 unspecified atom stereocenters. The van der Waals surface area contributed by atoms with E-state index in [1.165, 1.54) is 73.0 Å². The highest BCUT2D eigenvalue weighted by Gasteiger charge is 2.45. The average Bonchev–Trinajstić information content (AvgIpc) is 0.808. The molecule has 12 amide bonds. The maximum Gasteiger partial charge on any atom is 0.416 e. The van der Waals surface area contributed by atoms with E-state index in [0.29, 0.717) is 37.9 Å².